The molecule has 138 valence electrons. The molecular formula is C17H20ClN5O2S. The Hall–Kier alpha value is -1.90. The Labute approximate surface area is 160 Å². The molecule has 0 spiro atoms. The van der Waals surface area contributed by atoms with Crippen molar-refractivity contribution in [1.29, 1.82) is 0 Å². The lowest BCUT2D eigenvalue weighted by Gasteiger charge is -2.29. The zero-order valence-corrected chi connectivity index (χ0v) is 15.8. The van der Waals surface area contributed by atoms with E-state index in [0.29, 0.717) is 9.21 Å². The molecule has 0 aromatic carbocycles. The van der Waals surface area contributed by atoms with Crippen molar-refractivity contribution in [2.24, 2.45) is 0 Å². The maximum atomic E-state index is 12.3. The number of carbonyl (C=O) groups excluding carboxylic acids is 1. The molecule has 9 heteroatoms. The molecule has 0 saturated carbocycles. The van der Waals surface area contributed by atoms with Crippen LogP contribution in [-0.4, -0.2) is 61.5 Å². The smallest absolute Gasteiger partial charge is 0.261 e. The van der Waals surface area contributed by atoms with Crippen molar-refractivity contribution in [1.82, 2.24) is 15.5 Å². The summed E-state index contributed by atoms with van der Waals surface area (Å²) in [7, 11) is 0. The molecule has 26 heavy (non-hydrogen) atoms. The maximum Gasteiger partial charge on any atom is 0.261 e. The van der Waals surface area contributed by atoms with E-state index in [1.807, 2.05) is 0 Å². The minimum absolute atomic E-state index is 0.0677. The van der Waals surface area contributed by atoms with Gasteiger partial charge in [-0.25, -0.2) is 0 Å². The first-order valence-corrected chi connectivity index (χ1v) is 9.85. The van der Waals surface area contributed by atoms with Crippen molar-refractivity contribution < 1.29 is 9.53 Å². The Morgan fingerprint density at radius 3 is 2.88 bits per heavy atom. The van der Waals surface area contributed by atoms with Gasteiger partial charge in [0.2, 0.25) is 0 Å². The van der Waals surface area contributed by atoms with Crippen molar-refractivity contribution in [2.75, 3.05) is 49.2 Å². The second-order valence-corrected chi connectivity index (χ2v) is 8.10. The number of rotatable bonds is 4. The minimum atomic E-state index is -0.0677. The average Bonchev–Trinajstić information content (AvgIpc) is 3.32. The summed E-state index contributed by atoms with van der Waals surface area (Å²) in [6.07, 6.45) is 2.68. The van der Waals surface area contributed by atoms with Gasteiger partial charge in [0.25, 0.3) is 5.91 Å². The molecule has 2 fully saturated rings. The Morgan fingerprint density at radius 1 is 1.27 bits per heavy atom. The highest BCUT2D eigenvalue weighted by Gasteiger charge is 2.26. The normalized spacial score (nSPS) is 20.4. The highest BCUT2D eigenvalue weighted by atomic mass is 35.5. The summed E-state index contributed by atoms with van der Waals surface area (Å²) >= 11 is 7.20. The van der Waals surface area contributed by atoms with E-state index in [1.165, 1.54) is 11.3 Å². The van der Waals surface area contributed by atoms with Gasteiger partial charge in [-0.3, -0.25) is 4.79 Å². The van der Waals surface area contributed by atoms with E-state index in [2.05, 4.69) is 31.4 Å². The number of hydrogen-bond donors (Lipinski definition) is 1. The number of amides is 1. The fourth-order valence-corrected chi connectivity index (χ4v) is 4.22. The van der Waals surface area contributed by atoms with Crippen molar-refractivity contribution >= 4 is 40.4 Å². The first-order valence-electron chi connectivity index (χ1n) is 8.65. The number of nitrogens with zero attached hydrogens (tertiary/aromatic N) is 4. The molecule has 2 aromatic heterocycles. The van der Waals surface area contributed by atoms with Gasteiger partial charge in [0.15, 0.2) is 5.82 Å². The van der Waals surface area contributed by atoms with E-state index >= 15 is 0 Å². The molecule has 2 aromatic rings. The topological polar surface area (TPSA) is 70.6 Å². The molecule has 1 N–H and O–H groups in total. The minimum Gasteiger partial charge on any atom is -0.378 e. The van der Waals surface area contributed by atoms with Crippen LogP contribution in [0.25, 0.3) is 0 Å². The second kappa shape index (κ2) is 7.77. The largest absolute Gasteiger partial charge is 0.378 e. The van der Waals surface area contributed by atoms with Crippen LogP contribution in [0.2, 0.25) is 4.34 Å². The third-order valence-electron chi connectivity index (χ3n) is 4.65. The van der Waals surface area contributed by atoms with Gasteiger partial charge in [0.05, 0.1) is 34.3 Å². The molecule has 1 unspecified atom stereocenters. The van der Waals surface area contributed by atoms with Crippen LogP contribution in [0.3, 0.4) is 0 Å². The quantitative estimate of drug-likeness (QED) is 0.857. The standard InChI is InChI=1S/C17H20ClN5O2S/c18-15-2-1-14(26-15)17(24)20-12-3-4-23(11-12)16-9-13(10-19-21-16)22-5-7-25-8-6-22/h1-2,9-10,12H,3-8,11H2,(H,20,24). The molecule has 2 saturated heterocycles. The number of hydrogen-bond acceptors (Lipinski definition) is 7. The lowest BCUT2D eigenvalue weighted by atomic mass is 10.2. The summed E-state index contributed by atoms with van der Waals surface area (Å²) in [4.78, 5) is 17.4. The molecule has 7 nitrogen and oxygen atoms in total. The predicted octanol–water partition coefficient (Wildman–Crippen LogP) is 2.04. The van der Waals surface area contributed by atoms with Crippen LogP contribution in [-0.2, 0) is 4.74 Å². The number of thiophene rings is 1. The van der Waals surface area contributed by atoms with Gasteiger partial charge in [0, 0.05) is 38.3 Å². The zero-order chi connectivity index (χ0) is 17.9. The Bertz CT molecular complexity index is 780. The summed E-state index contributed by atoms with van der Waals surface area (Å²) in [6.45, 7) is 4.79. The van der Waals surface area contributed by atoms with Gasteiger partial charge in [0.1, 0.15) is 0 Å². The second-order valence-electron chi connectivity index (χ2n) is 6.38. The Morgan fingerprint density at radius 2 is 2.12 bits per heavy atom. The average molecular weight is 394 g/mol. The van der Waals surface area contributed by atoms with Crippen LogP contribution in [0.5, 0.6) is 0 Å². The fraction of sp³-hybridized carbons (Fsp3) is 0.471. The molecule has 1 atom stereocenters. The van der Waals surface area contributed by atoms with Gasteiger partial charge in [-0.15, -0.1) is 16.4 Å². The number of morpholine rings is 1. The first-order chi connectivity index (χ1) is 12.7. The number of nitrogens with one attached hydrogen (secondary N) is 1. The molecule has 0 bridgehead atoms. The number of anilines is 2. The molecule has 1 amide bonds. The zero-order valence-electron chi connectivity index (χ0n) is 14.2. The number of halogens is 1. The van der Waals surface area contributed by atoms with E-state index in [0.717, 1.165) is 57.3 Å². The molecule has 4 rings (SSSR count). The summed E-state index contributed by atoms with van der Waals surface area (Å²) in [5, 5.41) is 11.5. The third kappa shape index (κ3) is 3.92. The van der Waals surface area contributed by atoms with Crippen molar-refractivity contribution in [3.05, 3.63) is 33.6 Å². The molecule has 0 aliphatic carbocycles. The molecule has 4 heterocycles. The summed E-state index contributed by atoms with van der Waals surface area (Å²) in [5.74, 6) is 0.784. The van der Waals surface area contributed by atoms with E-state index in [9.17, 15) is 4.79 Å². The van der Waals surface area contributed by atoms with Crippen molar-refractivity contribution in [3.63, 3.8) is 0 Å². The Kier molecular flexibility index (Phi) is 5.23. The SMILES string of the molecule is O=C(NC1CCN(c2cc(N3CCOCC3)cnn2)C1)c1ccc(Cl)s1. The third-order valence-corrected chi connectivity index (χ3v) is 5.88. The molecule has 0 radical (unpaired) electrons. The predicted molar refractivity (Wildman–Crippen MR) is 102 cm³/mol. The lowest BCUT2D eigenvalue weighted by molar-refractivity contribution is 0.0944. The van der Waals surface area contributed by atoms with Gasteiger partial charge in [-0.05, 0) is 18.6 Å². The van der Waals surface area contributed by atoms with Crippen LogP contribution in [0.4, 0.5) is 11.5 Å². The van der Waals surface area contributed by atoms with E-state index < -0.39 is 0 Å². The van der Waals surface area contributed by atoms with Crippen LogP contribution in [0.1, 0.15) is 16.1 Å². The van der Waals surface area contributed by atoms with Gasteiger partial charge in [-0.1, -0.05) is 11.6 Å². The molecule has 2 aliphatic rings. The summed E-state index contributed by atoms with van der Waals surface area (Å²) in [6, 6.07) is 5.67. The van der Waals surface area contributed by atoms with Crippen LogP contribution in [0.15, 0.2) is 24.4 Å². The van der Waals surface area contributed by atoms with Crippen LogP contribution >= 0.6 is 22.9 Å². The van der Waals surface area contributed by atoms with Crippen LogP contribution < -0.4 is 15.1 Å². The highest BCUT2D eigenvalue weighted by molar-refractivity contribution is 7.18. The number of ether oxygens (including phenoxy) is 1. The summed E-state index contributed by atoms with van der Waals surface area (Å²) < 4.78 is 6.03. The molecule has 2 aliphatic heterocycles. The van der Waals surface area contributed by atoms with Gasteiger partial charge in [-0.2, -0.15) is 5.10 Å². The first kappa shape index (κ1) is 17.5. The molecular weight excluding hydrogens is 374 g/mol. The van der Waals surface area contributed by atoms with Crippen LogP contribution in [0, 0.1) is 0 Å². The van der Waals surface area contributed by atoms with E-state index in [4.69, 9.17) is 16.3 Å². The lowest BCUT2D eigenvalue weighted by Crippen LogP contribution is -2.37. The summed E-state index contributed by atoms with van der Waals surface area (Å²) in [5.41, 5.74) is 1.07. The van der Waals surface area contributed by atoms with Gasteiger partial charge >= 0.3 is 0 Å². The van der Waals surface area contributed by atoms with E-state index in [-0.39, 0.29) is 11.9 Å². The number of aromatic nitrogens is 2. The maximum absolute atomic E-state index is 12.3. The fourth-order valence-electron chi connectivity index (χ4n) is 3.27. The number of carbonyl (C=O) groups is 1. The van der Waals surface area contributed by atoms with Gasteiger partial charge < -0.3 is 19.9 Å². The highest BCUT2D eigenvalue weighted by Crippen LogP contribution is 2.24. The van der Waals surface area contributed by atoms with Crippen molar-refractivity contribution in [3.8, 4) is 0 Å². The Balaban J connectivity index is 1.38. The van der Waals surface area contributed by atoms with Crippen molar-refractivity contribution in [2.45, 2.75) is 12.5 Å². The monoisotopic (exact) mass is 393 g/mol. The van der Waals surface area contributed by atoms with E-state index in [1.54, 1.807) is 18.3 Å².